The highest BCUT2D eigenvalue weighted by Gasteiger charge is 2.18. The molecule has 2 aromatic carbocycles. The molecule has 3 aromatic rings. The first-order valence-corrected chi connectivity index (χ1v) is 10.8. The summed E-state index contributed by atoms with van der Waals surface area (Å²) < 4.78 is 24.4. The fourth-order valence-corrected chi connectivity index (χ4v) is 4.05. The number of rotatable bonds is 4. The molecule has 0 saturated carbocycles. The molecule has 9 heteroatoms. The van der Waals surface area contributed by atoms with Gasteiger partial charge in [0, 0.05) is 18.5 Å². The number of aromatic nitrogens is 2. The van der Waals surface area contributed by atoms with Crippen LogP contribution in [-0.4, -0.2) is 23.9 Å². The summed E-state index contributed by atoms with van der Waals surface area (Å²) in [5, 5.41) is 8.47. The SMILES string of the molecule is C[C@@H](NC(=O)c1ccc2c(=O)n3c(nc2c1)CCC3)c1ccc(S(N)(=O)=O)cc1. The van der Waals surface area contributed by atoms with Crippen LogP contribution in [0.15, 0.2) is 52.2 Å². The first-order valence-electron chi connectivity index (χ1n) is 9.21. The maximum atomic E-state index is 12.7. The minimum Gasteiger partial charge on any atom is -0.346 e. The fraction of sp³-hybridized carbons (Fsp3) is 0.250. The van der Waals surface area contributed by atoms with Gasteiger partial charge in [-0.05, 0) is 49.2 Å². The molecule has 0 aliphatic carbocycles. The maximum absolute atomic E-state index is 12.7. The Morgan fingerprint density at radius 3 is 2.62 bits per heavy atom. The number of fused-ring (bicyclic) bond motifs is 2. The van der Waals surface area contributed by atoms with E-state index in [1.807, 2.05) is 0 Å². The van der Waals surface area contributed by atoms with Crippen molar-refractivity contribution >= 4 is 26.8 Å². The number of sulfonamides is 1. The average Bonchev–Trinajstić information content (AvgIpc) is 3.16. The maximum Gasteiger partial charge on any atom is 0.261 e. The summed E-state index contributed by atoms with van der Waals surface area (Å²) in [5.41, 5.74) is 1.58. The van der Waals surface area contributed by atoms with Gasteiger partial charge in [0.1, 0.15) is 5.82 Å². The summed E-state index contributed by atoms with van der Waals surface area (Å²) in [6.07, 6.45) is 1.65. The number of carbonyl (C=O) groups is 1. The van der Waals surface area contributed by atoms with Gasteiger partial charge < -0.3 is 5.32 Å². The Bertz CT molecular complexity index is 1280. The molecule has 0 spiro atoms. The van der Waals surface area contributed by atoms with Crippen molar-refractivity contribution in [3.63, 3.8) is 0 Å². The van der Waals surface area contributed by atoms with Gasteiger partial charge in [0.05, 0.1) is 21.8 Å². The third-order valence-corrected chi connectivity index (χ3v) is 6.06. The van der Waals surface area contributed by atoms with E-state index in [2.05, 4.69) is 10.3 Å². The molecule has 29 heavy (non-hydrogen) atoms. The summed E-state index contributed by atoms with van der Waals surface area (Å²) in [5.74, 6) is 0.445. The molecule has 2 heterocycles. The van der Waals surface area contributed by atoms with Gasteiger partial charge in [-0.15, -0.1) is 0 Å². The minimum atomic E-state index is -3.76. The van der Waals surface area contributed by atoms with Gasteiger partial charge in [-0.25, -0.2) is 18.5 Å². The molecule has 1 aliphatic heterocycles. The highest BCUT2D eigenvalue weighted by atomic mass is 32.2. The van der Waals surface area contributed by atoms with E-state index in [0.717, 1.165) is 24.2 Å². The van der Waals surface area contributed by atoms with Crippen LogP contribution in [0.4, 0.5) is 0 Å². The Morgan fingerprint density at radius 2 is 1.93 bits per heavy atom. The summed E-state index contributed by atoms with van der Waals surface area (Å²) in [4.78, 5) is 29.8. The van der Waals surface area contributed by atoms with E-state index in [9.17, 15) is 18.0 Å². The molecule has 8 nitrogen and oxygen atoms in total. The Morgan fingerprint density at radius 1 is 1.21 bits per heavy atom. The number of aryl methyl sites for hydroxylation is 1. The third kappa shape index (κ3) is 3.66. The smallest absolute Gasteiger partial charge is 0.261 e. The van der Waals surface area contributed by atoms with Gasteiger partial charge >= 0.3 is 0 Å². The van der Waals surface area contributed by atoms with Gasteiger partial charge in [-0.2, -0.15) is 0 Å². The highest BCUT2D eigenvalue weighted by Crippen LogP contribution is 2.19. The largest absolute Gasteiger partial charge is 0.346 e. The number of nitrogens with one attached hydrogen (secondary N) is 1. The van der Waals surface area contributed by atoms with E-state index in [1.165, 1.54) is 12.1 Å². The molecule has 0 bridgehead atoms. The Hall–Kier alpha value is -3.04. The van der Waals surface area contributed by atoms with E-state index in [4.69, 9.17) is 5.14 Å². The zero-order valence-electron chi connectivity index (χ0n) is 15.8. The van der Waals surface area contributed by atoms with Crippen LogP contribution in [0.1, 0.15) is 41.1 Å². The second kappa shape index (κ2) is 7.09. The molecular weight excluding hydrogens is 392 g/mol. The zero-order valence-corrected chi connectivity index (χ0v) is 16.6. The number of hydrogen-bond acceptors (Lipinski definition) is 5. The lowest BCUT2D eigenvalue weighted by Gasteiger charge is -2.15. The highest BCUT2D eigenvalue weighted by molar-refractivity contribution is 7.89. The van der Waals surface area contributed by atoms with Crippen LogP contribution < -0.4 is 16.0 Å². The van der Waals surface area contributed by atoms with Crippen LogP contribution in [0.2, 0.25) is 0 Å². The van der Waals surface area contributed by atoms with Crippen molar-refractivity contribution in [2.75, 3.05) is 0 Å². The van der Waals surface area contributed by atoms with Gasteiger partial charge in [0.2, 0.25) is 10.0 Å². The van der Waals surface area contributed by atoms with Crippen LogP contribution >= 0.6 is 0 Å². The second-order valence-electron chi connectivity index (χ2n) is 7.13. The molecule has 150 valence electrons. The number of benzene rings is 2. The number of nitrogens with zero attached hydrogens (tertiary/aromatic N) is 2. The molecule has 1 aliphatic rings. The van der Waals surface area contributed by atoms with Crippen LogP contribution in [0.3, 0.4) is 0 Å². The van der Waals surface area contributed by atoms with Gasteiger partial charge in [0.15, 0.2) is 0 Å². The van der Waals surface area contributed by atoms with E-state index >= 15 is 0 Å². The Labute approximate surface area is 167 Å². The van der Waals surface area contributed by atoms with Crippen molar-refractivity contribution < 1.29 is 13.2 Å². The summed E-state index contributed by atoms with van der Waals surface area (Å²) in [6, 6.07) is 10.5. The van der Waals surface area contributed by atoms with Crippen molar-refractivity contribution in [3.05, 3.63) is 69.8 Å². The van der Waals surface area contributed by atoms with Crippen LogP contribution in [-0.2, 0) is 23.0 Å². The van der Waals surface area contributed by atoms with Crippen molar-refractivity contribution in [2.24, 2.45) is 5.14 Å². The standard InChI is InChI=1S/C20H20N4O4S/c1-12(13-4-7-15(8-5-13)29(21,27)28)22-19(25)14-6-9-16-17(11-14)23-18-3-2-10-24(18)20(16)26/h4-9,11-12H,2-3,10H2,1H3,(H,22,25)(H2,21,27,28)/t12-/m1/s1. The van der Waals surface area contributed by atoms with Gasteiger partial charge in [0.25, 0.3) is 11.5 Å². The van der Waals surface area contributed by atoms with Crippen molar-refractivity contribution in [2.45, 2.75) is 37.2 Å². The normalized spacial score (nSPS) is 14.6. The molecule has 1 amide bonds. The monoisotopic (exact) mass is 412 g/mol. The number of carbonyl (C=O) groups excluding carboxylic acids is 1. The molecule has 4 rings (SSSR count). The Kier molecular flexibility index (Phi) is 4.71. The van der Waals surface area contributed by atoms with E-state index in [1.54, 1.807) is 41.8 Å². The number of amides is 1. The minimum absolute atomic E-state index is 0.0131. The predicted molar refractivity (Wildman–Crippen MR) is 108 cm³/mol. The molecular formula is C20H20N4O4S. The van der Waals surface area contributed by atoms with E-state index < -0.39 is 10.0 Å². The van der Waals surface area contributed by atoms with Crippen molar-refractivity contribution in [3.8, 4) is 0 Å². The van der Waals surface area contributed by atoms with E-state index in [0.29, 0.717) is 23.0 Å². The Balaban J connectivity index is 1.57. The lowest BCUT2D eigenvalue weighted by Crippen LogP contribution is -2.27. The van der Waals surface area contributed by atoms with Crippen molar-refractivity contribution in [1.29, 1.82) is 0 Å². The van der Waals surface area contributed by atoms with E-state index in [-0.39, 0.29) is 22.4 Å². The quantitative estimate of drug-likeness (QED) is 0.672. The zero-order chi connectivity index (χ0) is 20.8. The lowest BCUT2D eigenvalue weighted by molar-refractivity contribution is 0.0940. The molecule has 0 radical (unpaired) electrons. The molecule has 0 saturated heterocycles. The van der Waals surface area contributed by atoms with Crippen LogP contribution in [0.25, 0.3) is 10.9 Å². The second-order valence-corrected chi connectivity index (χ2v) is 8.69. The molecule has 0 unspecified atom stereocenters. The third-order valence-electron chi connectivity index (χ3n) is 5.13. The summed E-state index contributed by atoms with van der Waals surface area (Å²) in [7, 11) is -3.76. The molecule has 0 fully saturated rings. The number of primary sulfonamides is 1. The molecule has 3 N–H and O–H groups in total. The van der Waals surface area contributed by atoms with Crippen molar-refractivity contribution in [1.82, 2.24) is 14.9 Å². The van der Waals surface area contributed by atoms with Crippen LogP contribution in [0, 0.1) is 0 Å². The summed E-state index contributed by atoms with van der Waals surface area (Å²) >= 11 is 0. The topological polar surface area (TPSA) is 124 Å². The lowest BCUT2D eigenvalue weighted by atomic mass is 10.1. The summed E-state index contributed by atoms with van der Waals surface area (Å²) in [6.45, 7) is 2.48. The molecule has 1 atom stereocenters. The first-order chi connectivity index (χ1) is 13.7. The number of nitrogens with two attached hydrogens (primary N) is 1. The fourth-order valence-electron chi connectivity index (χ4n) is 3.53. The van der Waals surface area contributed by atoms with Crippen LogP contribution in [0.5, 0.6) is 0 Å². The number of hydrogen-bond donors (Lipinski definition) is 2. The first kappa shape index (κ1) is 19.3. The predicted octanol–water partition coefficient (Wildman–Crippen LogP) is 1.48. The van der Waals surface area contributed by atoms with Gasteiger partial charge in [-0.1, -0.05) is 12.1 Å². The van der Waals surface area contributed by atoms with Gasteiger partial charge in [-0.3, -0.25) is 14.2 Å². The molecule has 1 aromatic heterocycles. The average molecular weight is 412 g/mol.